The standard InChI is InChI=1S/C16H16ClN3O/c1-2-3-16(21)18-9-8-15-11-20(12-19-15)10-13-4-6-14(17)7-5-13/h4-7,11-12H,8-10H2,1H3,(H,18,21). The number of carbonyl (C=O) groups excluding carboxylic acids is 1. The van der Waals surface area contributed by atoms with Gasteiger partial charge in [0.15, 0.2) is 0 Å². The first kappa shape index (κ1) is 15.1. The zero-order valence-corrected chi connectivity index (χ0v) is 12.5. The highest BCUT2D eigenvalue weighted by Gasteiger charge is 2.01. The third kappa shape index (κ3) is 4.97. The van der Waals surface area contributed by atoms with Gasteiger partial charge in [-0.05, 0) is 30.5 Å². The van der Waals surface area contributed by atoms with Crippen molar-refractivity contribution in [2.45, 2.75) is 19.9 Å². The molecule has 0 bridgehead atoms. The number of rotatable bonds is 5. The highest BCUT2D eigenvalue weighted by molar-refractivity contribution is 6.30. The Morgan fingerprint density at radius 1 is 1.38 bits per heavy atom. The molecule has 21 heavy (non-hydrogen) atoms. The van der Waals surface area contributed by atoms with Crippen LogP contribution in [0.2, 0.25) is 5.02 Å². The monoisotopic (exact) mass is 301 g/mol. The summed E-state index contributed by atoms with van der Waals surface area (Å²) in [6.45, 7) is 2.92. The molecule has 1 N–H and O–H groups in total. The number of carbonyl (C=O) groups is 1. The van der Waals surface area contributed by atoms with E-state index in [4.69, 9.17) is 11.6 Å². The second-order valence-electron chi connectivity index (χ2n) is 4.54. The number of halogens is 1. The summed E-state index contributed by atoms with van der Waals surface area (Å²) in [5, 5.41) is 3.45. The molecule has 0 saturated heterocycles. The van der Waals surface area contributed by atoms with Crippen molar-refractivity contribution in [3.63, 3.8) is 0 Å². The lowest BCUT2D eigenvalue weighted by molar-refractivity contribution is -0.115. The molecule has 0 unspecified atom stereocenters. The van der Waals surface area contributed by atoms with E-state index in [0.717, 1.165) is 22.8 Å². The molecule has 2 rings (SSSR count). The number of hydrogen-bond acceptors (Lipinski definition) is 2. The summed E-state index contributed by atoms with van der Waals surface area (Å²) in [7, 11) is 0. The first-order chi connectivity index (χ1) is 10.2. The Morgan fingerprint density at radius 3 is 2.86 bits per heavy atom. The molecule has 2 aromatic rings. The molecule has 1 amide bonds. The minimum absolute atomic E-state index is 0.252. The number of nitrogens with one attached hydrogen (secondary N) is 1. The van der Waals surface area contributed by atoms with Crippen molar-refractivity contribution in [1.29, 1.82) is 0 Å². The van der Waals surface area contributed by atoms with E-state index in [1.165, 1.54) is 0 Å². The Kier molecular flexibility index (Phi) is 5.42. The molecule has 0 aliphatic carbocycles. The normalized spacial score (nSPS) is 9.81. The fraction of sp³-hybridized carbons (Fsp3) is 0.250. The highest BCUT2D eigenvalue weighted by Crippen LogP contribution is 2.11. The van der Waals surface area contributed by atoms with Crippen LogP contribution in [0.3, 0.4) is 0 Å². The molecule has 1 aromatic heterocycles. The van der Waals surface area contributed by atoms with Crippen LogP contribution in [0.25, 0.3) is 0 Å². The molecule has 0 atom stereocenters. The zero-order chi connectivity index (χ0) is 15.1. The van der Waals surface area contributed by atoms with Crippen molar-refractivity contribution in [2.24, 2.45) is 0 Å². The summed E-state index contributed by atoms with van der Waals surface area (Å²) in [6.07, 6.45) is 4.45. The molecular formula is C16H16ClN3O. The molecule has 4 nitrogen and oxygen atoms in total. The van der Waals surface area contributed by atoms with Crippen LogP contribution < -0.4 is 5.32 Å². The maximum absolute atomic E-state index is 11.2. The van der Waals surface area contributed by atoms with Gasteiger partial charge in [0.05, 0.1) is 12.0 Å². The quantitative estimate of drug-likeness (QED) is 0.861. The van der Waals surface area contributed by atoms with E-state index in [9.17, 15) is 4.79 Å². The Labute approximate surface area is 129 Å². The van der Waals surface area contributed by atoms with Crippen LogP contribution in [0.1, 0.15) is 18.2 Å². The van der Waals surface area contributed by atoms with Gasteiger partial charge in [-0.25, -0.2) is 4.98 Å². The molecule has 1 heterocycles. The van der Waals surface area contributed by atoms with Gasteiger partial charge in [-0.1, -0.05) is 29.7 Å². The highest BCUT2D eigenvalue weighted by atomic mass is 35.5. The second kappa shape index (κ2) is 7.51. The van der Waals surface area contributed by atoms with Crippen LogP contribution in [0.15, 0.2) is 36.8 Å². The first-order valence-corrected chi connectivity index (χ1v) is 7.01. The van der Waals surface area contributed by atoms with E-state index in [2.05, 4.69) is 22.1 Å². The third-order valence-corrected chi connectivity index (χ3v) is 3.12. The van der Waals surface area contributed by atoms with Gasteiger partial charge >= 0.3 is 0 Å². The van der Waals surface area contributed by atoms with Gasteiger partial charge in [0.2, 0.25) is 0 Å². The molecule has 5 heteroatoms. The number of amides is 1. The molecule has 0 aliphatic rings. The number of hydrogen-bond donors (Lipinski definition) is 1. The Hall–Kier alpha value is -2.25. The van der Waals surface area contributed by atoms with E-state index in [1.807, 2.05) is 35.0 Å². The van der Waals surface area contributed by atoms with Crippen LogP contribution in [-0.2, 0) is 17.8 Å². The lowest BCUT2D eigenvalue weighted by Crippen LogP contribution is -2.24. The van der Waals surface area contributed by atoms with Crippen molar-refractivity contribution in [3.8, 4) is 11.8 Å². The number of benzene rings is 1. The van der Waals surface area contributed by atoms with Crippen molar-refractivity contribution in [1.82, 2.24) is 14.9 Å². The molecule has 0 radical (unpaired) electrons. The third-order valence-electron chi connectivity index (χ3n) is 2.87. The maximum Gasteiger partial charge on any atom is 0.295 e. The number of nitrogens with zero attached hydrogens (tertiary/aromatic N) is 2. The second-order valence-corrected chi connectivity index (χ2v) is 4.98. The van der Waals surface area contributed by atoms with Gasteiger partial charge in [0.25, 0.3) is 5.91 Å². The molecule has 0 aliphatic heterocycles. The molecular weight excluding hydrogens is 286 g/mol. The average Bonchev–Trinajstić information content (AvgIpc) is 2.89. The summed E-state index contributed by atoms with van der Waals surface area (Å²) in [4.78, 5) is 15.5. The van der Waals surface area contributed by atoms with E-state index in [0.29, 0.717) is 13.0 Å². The van der Waals surface area contributed by atoms with Crippen LogP contribution in [0, 0.1) is 11.8 Å². The average molecular weight is 302 g/mol. The topological polar surface area (TPSA) is 46.9 Å². The van der Waals surface area contributed by atoms with Crippen LogP contribution in [0.4, 0.5) is 0 Å². The minimum atomic E-state index is -0.252. The van der Waals surface area contributed by atoms with Crippen molar-refractivity contribution in [3.05, 3.63) is 53.1 Å². The van der Waals surface area contributed by atoms with E-state index >= 15 is 0 Å². The SMILES string of the molecule is CC#CC(=O)NCCc1cn(Cc2ccc(Cl)cc2)cn1. The molecule has 0 saturated carbocycles. The fourth-order valence-electron chi connectivity index (χ4n) is 1.88. The van der Waals surface area contributed by atoms with Crippen molar-refractivity contribution in [2.75, 3.05) is 6.54 Å². The van der Waals surface area contributed by atoms with Gasteiger partial charge in [-0.15, -0.1) is 0 Å². The van der Waals surface area contributed by atoms with Crippen LogP contribution in [-0.4, -0.2) is 22.0 Å². The lowest BCUT2D eigenvalue weighted by Gasteiger charge is -2.02. The summed E-state index contributed by atoms with van der Waals surface area (Å²) >= 11 is 5.86. The van der Waals surface area contributed by atoms with Crippen LogP contribution in [0.5, 0.6) is 0 Å². The smallest absolute Gasteiger partial charge is 0.295 e. The van der Waals surface area contributed by atoms with Gasteiger partial charge < -0.3 is 9.88 Å². The number of imidazole rings is 1. The van der Waals surface area contributed by atoms with E-state index < -0.39 is 0 Å². The van der Waals surface area contributed by atoms with Crippen molar-refractivity contribution < 1.29 is 4.79 Å². The molecule has 1 aromatic carbocycles. The summed E-state index contributed by atoms with van der Waals surface area (Å²) in [5.74, 6) is 4.75. The Bertz CT molecular complexity index is 665. The zero-order valence-electron chi connectivity index (χ0n) is 11.8. The van der Waals surface area contributed by atoms with E-state index in [1.54, 1.807) is 13.3 Å². The van der Waals surface area contributed by atoms with Gasteiger partial charge in [0.1, 0.15) is 0 Å². The Balaban J connectivity index is 1.84. The molecule has 0 spiro atoms. The largest absolute Gasteiger partial charge is 0.345 e. The lowest BCUT2D eigenvalue weighted by atomic mass is 10.2. The van der Waals surface area contributed by atoms with Gasteiger partial charge in [-0.3, -0.25) is 4.79 Å². The summed E-state index contributed by atoms with van der Waals surface area (Å²) in [6, 6.07) is 7.73. The number of aromatic nitrogens is 2. The van der Waals surface area contributed by atoms with E-state index in [-0.39, 0.29) is 5.91 Å². The predicted molar refractivity (Wildman–Crippen MR) is 82.9 cm³/mol. The first-order valence-electron chi connectivity index (χ1n) is 6.63. The van der Waals surface area contributed by atoms with Crippen LogP contribution >= 0.6 is 11.6 Å². The maximum atomic E-state index is 11.2. The molecule has 0 fully saturated rings. The predicted octanol–water partition coefficient (Wildman–Crippen LogP) is 2.27. The summed E-state index contributed by atoms with van der Waals surface area (Å²) < 4.78 is 2.01. The fourth-order valence-corrected chi connectivity index (χ4v) is 2.01. The Morgan fingerprint density at radius 2 is 2.14 bits per heavy atom. The minimum Gasteiger partial charge on any atom is -0.345 e. The molecule has 108 valence electrons. The van der Waals surface area contributed by atoms with Crippen molar-refractivity contribution >= 4 is 17.5 Å². The summed E-state index contributed by atoms with van der Waals surface area (Å²) in [5.41, 5.74) is 2.10. The van der Waals surface area contributed by atoms with Gasteiger partial charge in [0, 0.05) is 30.7 Å². The van der Waals surface area contributed by atoms with Gasteiger partial charge in [-0.2, -0.15) is 0 Å².